The molecule has 0 amide bonds. The molecule has 2 atom stereocenters. The van der Waals surface area contributed by atoms with E-state index < -0.39 is 0 Å². The minimum Gasteiger partial charge on any atom is -0.393 e. The topological polar surface area (TPSA) is 20.2 Å². The van der Waals surface area contributed by atoms with Crippen LogP contribution in [0.15, 0.2) is 29.2 Å². The van der Waals surface area contributed by atoms with Crippen LogP contribution < -0.4 is 0 Å². The third kappa shape index (κ3) is 2.28. The van der Waals surface area contributed by atoms with Crippen molar-refractivity contribution in [1.82, 2.24) is 0 Å². The van der Waals surface area contributed by atoms with E-state index in [-0.39, 0.29) is 6.10 Å². The first-order valence-corrected chi connectivity index (χ1v) is 7.13. The quantitative estimate of drug-likeness (QED) is 0.863. The van der Waals surface area contributed by atoms with E-state index in [1.54, 1.807) is 0 Å². The van der Waals surface area contributed by atoms with Crippen molar-refractivity contribution >= 4 is 11.8 Å². The first-order chi connectivity index (χ1) is 7.83. The highest BCUT2D eigenvalue weighted by atomic mass is 32.2. The van der Waals surface area contributed by atoms with Crippen LogP contribution in [0, 0.1) is 5.92 Å². The molecular formula is C14H18OS. The van der Waals surface area contributed by atoms with Crippen molar-refractivity contribution in [3.8, 4) is 0 Å². The Bertz CT molecular complexity index is 348. The maximum Gasteiger partial charge on any atom is 0.0568 e. The lowest BCUT2D eigenvalue weighted by atomic mass is 10.0. The molecule has 0 aromatic heterocycles. The molecular weight excluding hydrogens is 216 g/mol. The molecule has 1 saturated carbocycles. The average Bonchev–Trinajstić information content (AvgIpc) is 3.06. The summed E-state index contributed by atoms with van der Waals surface area (Å²) >= 11 is 2.00. The fourth-order valence-corrected chi connectivity index (χ4v) is 3.82. The molecule has 86 valence electrons. The second-order valence-corrected chi connectivity index (χ2v) is 6.38. The highest BCUT2D eigenvalue weighted by molar-refractivity contribution is 8.00. The van der Waals surface area contributed by atoms with Crippen molar-refractivity contribution < 1.29 is 5.11 Å². The van der Waals surface area contributed by atoms with E-state index in [1.807, 2.05) is 11.8 Å². The van der Waals surface area contributed by atoms with Crippen molar-refractivity contribution in [3.63, 3.8) is 0 Å². The molecule has 3 rings (SSSR count). The molecule has 1 fully saturated rings. The summed E-state index contributed by atoms with van der Waals surface area (Å²) in [7, 11) is 0. The van der Waals surface area contributed by atoms with Crippen molar-refractivity contribution in [3.05, 3.63) is 29.8 Å². The molecule has 2 aliphatic rings. The van der Waals surface area contributed by atoms with E-state index in [9.17, 15) is 5.11 Å². The van der Waals surface area contributed by atoms with E-state index in [0.717, 1.165) is 12.8 Å². The number of fused-ring (bicyclic) bond motifs is 1. The predicted octanol–water partition coefficient (Wildman–Crippen LogP) is 3.25. The van der Waals surface area contributed by atoms with E-state index in [4.69, 9.17) is 0 Å². The van der Waals surface area contributed by atoms with E-state index in [0.29, 0.717) is 11.2 Å². The minimum absolute atomic E-state index is 0.0238. The molecule has 0 saturated heterocycles. The van der Waals surface area contributed by atoms with Gasteiger partial charge in [0.1, 0.15) is 0 Å². The fraction of sp³-hybridized carbons (Fsp3) is 0.571. The zero-order chi connectivity index (χ0) is 11.0. The number of hydrogen-bond donors (Lipinski definition) is 1. The van der Waals surface area contributed by atoms with Gasteiger partial charge in [-0.1, -0.05) is 18.2 Å². The second-order valence-electron chi connectivity index (χ2n) is 5.03. The van der Waals surface area contributed by atoms with Gasteiger partial charge in [0.25, 0.3) is 0 Å². The Morgan fingerprint density at radius 1 is 1.31 bits per heavy atom. The van der Waals surface area contributed by atoms with E-state index in [2.05, 4.69) is 24.3 Å². The molecule has 1 aromatic rings. The lowest BCUT2D eigenvalue weighted by Crippen LogP contribution is -2.12. The zero-order valence-corrected chi connectivity index (χ0v) is 10.2. The van der Waals surface area contributed by atoms with Gasteiger partial charge >= 0.3 is 0 Å². The zero-order valence-electron chi connectivity index (χ0n) is 9.43. The lowest BCUT2D eigenvalue weighted by Gasteiger charge is -2.12. The number of aliphatic hydroxyl groups is 1. The van der Waals surface area contributed by atoms with Crippen molar-refractivity contribution in [2.24, 2.45) is 5.92 Å². The van der Waals surface area contributed by atoms with Gasteiger partial charge in [0.2, 0.25) is 0 Å². The molecule has 0 radical (unpaired) electrons. The summed E-state index contributed by atoms with van der Waals surface area (Å²) < 4.78 is 0. The molecule has 2 heteroatoms. The van der Waals surface area contributed by atoms with E-state index >= 15 is 0 Å². The van der Waals surface area contributed by atoms with Crippen molar-refractivity contribution in [1.29, 1.82) is 0 Å². The average molecular weight is 234 g/mol. The fourth-order valence-electron chi connectivity index (χ4n) is 2.49. The molecule has 0 bridgehead atoms. The standard InChI is InChI=1S/C14H18OS/c15-13(10-5-6-10)8-7-12-9-11-3-1-2-4-14(11)16-12/h1-4,10,12-13,15H,5-9H2. The van der Waals surface area contributed by atoms with Crippen LogP contribution >= 0.6 is 11.8 Å². The Morgan fingerprint density at radius 2 is 2.12 bits per heavy atom. The SMILES string of the molecule is OC(CCC1Cc2ccccc2S1)C1CC1. The Kier molecular flexibility index (Phi) is 2.95. The Balaban J connectivity index is 1.52. The van der Waals surface area contributed by atoms with Crippen LogP contribution in [-0.4, -0.2) is 16.5 Å². The van der Waals surface area contributed by atoms with Gasteiger partial charge in [-0.15, -0.1) is 11.8 Å². The molecule has 16 heavy (non-hydrogen) atoms. The van der Waals surface area contributed by atoms with Gasteiger partial charge in [0.15, 0.2) is 0 Å². The third-order valence-electron chi connectivity index (χ3n) is 3.66. The van der Waals surface area contributed by atoms with Crippen molar-refractivity contribution in [2.45, 2.75) is 48.4 Å². The maximum absolute atomic E-state index is 9.86. The van der Waals surface area contributed by atoms with Crippen LogP contribution in [0.4, 0.5) is 0 Å². The maximum atomic E-state index is 9.86. The van der Waals surface area contributed by atoms with Gasteiger partial charge in [-0.2, -0.15) is 0 Å². The van der Waals surface area contributed by atoms with Crippen LogP contribution in [0.1, 0.15) is 31.2 Å². The summed E-state index contributed by atoms with van der Waals surface area (Å²) in [5.74, 6) is 0.633. The molecule has 2 unspecified atom stereocenters. The summed E-state index contributed by atoms with van der Waals surface area (Å²) in [6.07, 6.45) is 5.83. The second kappa shape index (κ2) is 4.42. The summed E-state index contributed by atoms with van der Waals surface area (Å²) in [6.45, 7) is 0. The van der Waals surface area contributed by atoms with Gasteiger partial charge in [-0.05, 0) is 49.7 Å². The molecule has 1 aromatic carbocycles. The Labute approximate surface area is 101 Å². The van der Waals surface area contributed by atoms with Crippen LogP contribution in [0.2, 0.25) is 0 Å². The van der Waals surface area contributed by atoms with Gasteiger partial charge in [-0.3, -0.25) is 0 Å². The first-order valence-electron chi connectivity index (χ1n) is 6.25. The highest BCUT2D eigenvalue weighted by Gasteiger charge is 2.30. The van der Waals surface area contributed by atoms with Gasteiger partial charge in [0.05, 0.1) is 6.10 Å². The summed E-state index contributed by atoms with van der Waals surface area (Å²) in [6, 6.07) is 8.70. The molecule has 1 aliphatic heterocycles. The molecule has 0 spiro atoms. The number of aliphatic hydroxyl groups excluding tert-OH is 1. The summed E-state index contributed by atoms with van der Waals surface area (Å²) in [4.78, 5) is 1.45. The Hall–Kier alpha value is -0.470. The highest BCUT2D eigenvalue weighted by Crippen LogP contribution is 2.40. The van der Waals surface area contributed by atoms with Crippen LogP contribution in [0.5, 0.6) is 0 Å². The third-order valence-corrected chi connectivity index (χ3v) is 5.05. The van der Waals surface area contributed by atoms with Gasteiger partial charge < -0.3 is 5.11 Å². The van der Waals surface area contributed by atoms with Gasteiger partial charge in [-0.25, -0.2) is 0 Å². The van der Waals surface area contributed by atoms with Crippen LogP contribution in [0.3, 0.4) is 0 Å². The minimum atomic E-state index is -0.0238. The van der Waals surface area contributed by atoms with Gasteiger partial charge in [0, 0.05) is 10.1 Å². The van der Waals surface area contributed by atoms with Crippen LogP contribution in [0.25, 0.3) is 0 Å². The number of hydrogen-bond acceptors (Lipinski definition) is 2. The molecule has 1 aliphatic carbocycles. The summed E-state index contributed by atoms with van der Waals surface area (Å²) in [5.41, 5.74) is 1.50. The molecule has 1 heterocycles. The number of benzene rings is 1. The summed E-state index contributed by atoms with van der Waals surface area (Å²) in [5, 5.41) is 10.6. The monoisotopic (exact) mass is 234 g/mol. The number of rotatable bonds is 4. The molecule has 1 nitrogen and oxygen atoms in total. The smallest absolute Gasteiger partial charge is 0.0568 e. The van der Waals surface area contributed by atoms with E-state index in [1.165, 1.54) is 29.7 Å². The first kappa shape index (κ1) is 10.7. The molecule has 1 N–H and O–H groups in total. The van der Waals surface area contributed by atoms with Crippen LogP contribution in [-0.2, 0) is 6.42 Å². The predicted molar refractivity (Wildman–Crippen MR) is 67.8 cm³/mol. The largest absolute Gasteiger partial charge is 0.393 e. The lowest BCUT2D eigenvalue weighted by molar-refractivity contribution is 0.139. The normalized spacial score (nSPS) is 25.4. The number of thioether (sulfide) groups is 1. The van der Waals surface area contributed by atoms with Crippen molar-refractivity contribution in [2.75, 3.05) is 0 Å². The Morgan fingerprint density at radius 3 is 2.88 bits per heavy atom.